The molecule has 0 saturated heterocycles. The van der Waals surface area contributed by atoms with E-state index in [-0.39, 0.29) is 0 Å². The number of benzene rings is 2. The molecule has 2 N–H and O–H groups in total. The van der Waals surface area contributed by atoms with Crippen molar-refractivity contribution in [2.75, 3.05) is 5.73 Å². The van der Waals surface area contributed by atoms with Crippen molar-refractivity contribution in [1.29, 1.82) is 0 Å². The molecule has 0 aliphatic heterocycles. The van der Waals surface area contributed by atoms with Crippen LogP contribution in [0.5, 0.6) is 0 Å². The molecule has 0 bridgehead atoms. The van der Waals surface area contributed by atoms with Crippen LogP contribution in [0.2, 0.25) is 0 Å². The molecule has 0 aliphatic rings. The number of aromatic nitrogens is 1. The highest BCUT2D eigenvalue weighted by molar-refractivity contribution is 5.77. The van der Waals surface area contributed by atoms with Crippen LogP contribution in [-0.2, 0) is 0 Å². The van der Waals surface area contributed by atoms with Gasteiger partial charge in [-0.15, -0.1) is 0 Å². The first kappa shape index (κ1) is 11.5. The third-order valence-electron chi connectivity index (χ3n) is 3.15. The maximum Gasteiger partial charge on any atom is 0.0580 e. The van der Waals surface area contributed by atoms with Crippen molar-refractivity contribution in [2.45, 2.75) is 0 Å². The van der Waals surface area contributed by atoms with Crippen LogP contribution < -0.4 is 5.73 Å². The fourth-order valence-corrected chi connectivity index (χ4v) is 2.14. The number of anilines is 1. The Morgan fingerprint density at radius 3 is 2.00 bits per heavy atom. The van der Waals surface area contributed by atoms with Crippen LogP contribution in [0.1, 0.15) is 0 Å². The van der Waals surface area contributed by atoms with Crippen LogP contribution in [-0.4, -0.2) is 4.98 Å². The standard InChI is InChI=1S/C17H14N2/c18-17-12-19-11-10-16(17)15-8-6-14(7-9-15)13-4-2-1-3-5-13/h1-12H,18H2. The Morgan fingerprint density at radius 2 is 1.32 bits per heavy atom. The van der Waals surface area contributed by atoms with Crippen LogP contribution in [0, 0.1) is 0 Å². The van der Waals surface area contributed by atoms with Crippen LogP contribution in [0.25, 0.3) is 22.3 Å². The molecule has 0 aliphatic carbocycles. The first-order valence-corrected chi connectivity index (χ1v) is 6.20. The zero-order valence-corrected chi connectivity index (χ0v) is 10.5. The van der Waals surface area contributed by atoms with Crippen LogP contribution in [0.15, 0.2) is 73.1 Å². The van der Waals surface area contributed by atoms with Crippen LogP contribution >= 0.6 is 0 Å². The van der Waals surface area contributed by atoms with Gasteiger partial charge in [0, 0.05) is 11.8 Å². The molecule has 19 heavy (non-hydrogen) atoms. The molecule has 2 aromatic carbocycles. The molecule has 3 aromatic rings. The largest absolute Gasteiger partial charge is 0.397 e. The summed E-state index contributed by atoms with van der Waals surface area (Å²) >= 11 is 0. The number of pyridine rings is 1. The van der Waals surface area contributed by atoms with Gasteiger partial charge in [0.1, 0.15) is 0 Å². The van der Waals surface area contributed by atoms with Crippen molar-refractivity contribution in [3.63, 3.8) is 0 Å². The van der Waals surface area contributed by atoms with Crippen molar-refractivity contribution < 1.29 is 0 Å². The highest BCUT2D eigenvalue weighted by atomic mass is 14.7. The summed E-state index contributed by atoms with van der Waals surface area (Å²) in [7, 11) is 0. The lowest BCUT2D eigenvalue weighted by atomic mass is 10.0. The van der Waals surface area contributed by atoms with Gasteiger partial charge in [0.25, 0.3) is 0 Å². The second kappa shape index (κ2) is 4.94. The molecule has 0 amide bonds. The van der Waals surface area contributed by atoms with E-state index in [0.29, 0.717) is 5.69 Å². The lowest BCUT2D eigenvalue weighted by Gasteiger charge is -2.06. The Morgan fingerprint density at radius 1 is 0.684 bits per heavy atom. The number of rotatable bonds is 2. The van der Waals surface area contributed by atoms with Gasteiger partial charge in [0.2, 0.25) is 0 Å². The Hall–Kier alpha value is -2.61. The van der Waals surface area contributed by atoms with Crippen molar-refractivity contribution in [2.24, 2.45) is 0 Å². The summed E-state index contributed by atoms with van der Waals surface area (Å²) < 4.78 is 0. The molecular formula is C17H14N2. The van der Waals surface area contributed by atoms with E-state index in [1.165, 1.54) is 11.1 Å². The van der Waals surface area contributed by atoms with E-state index < -0.39 is 0 Å². The number of nitrogens with two attached hydrogens (primary N) is 1. The van der Waals surface area contributed by atoms with Gasteiger partial charge < -0.3 is 5.73 Å². The van der Waals surface area contributed by atoms with Gasteiger partial charge in [0.05, 0.1) is 11.9 Å². The zero-order chi connectivity index (χ0) is 13.1. The molecule has 1 heterocycles. The number of nitrogen functional groups attached to an aromatic ring is 1. The van der Waals surface area contributed by atoms with Gasteiger partial charge in [0.15, 0.2) is 0 Å². The summed E-state index contributed by atoms with van der Waals surface area (Å²) in [6.07, 6.45) is 3.44. The fourth-order valence-electron chi connectivity index (χ4n) is 2.14. The van der Waals surface area contributed by atoms with Gasteiger partial charge in [-0.05, 0) is 22.8 Å². The molecule has 0 fully saturated rings. The third kappa shape index (κ3) is 2.33. The highest BCUT2D eigenvalue weighted by Crippen LogP contribution is 2.27. The molecule has 3 rings (SSSR count). The van der Waals surface area contributed by atoms with Gasteiger partial charge >= 0.3 is 0 Å². The lowest BCUT2D eigenvalue weighted by Crippen LogP contribution is -1.90. The first-order chi connectivity index (χ1) is 9.34. The second-order valence-corrected chi connectivity index (χ2v) is 4.41. The molecule has 1 aromatic heterocycles. The maximum atomic E-state index is 5.94. The average molecular weight is 246 g/mol. The topological polar surface area (TPSA) is 38.9 Å². The summed E-state index contributed by atoms with van der Waals surface area (Å²) in [5, 5.41) is 0. The zero-order valence-electron chi connectivity index (χ0n) is 10.5. The quantitative estimate of drug-likeness (QED) is 0.742. The van der Waals surface area contributed by atoms with Gasteiger partial charge in [-0.25, -0.2) is 0 Å². The minimum Gasteiger partial charge on any atom is -0.397 e. The summed E-state index contributed by atoms with van der Waals surface area (Å²) in [4.78, 5) is 4.01. The molecular weight excluding hydrogens is 232 g/mol. The molecule has 0 spiro atoms. The van der Waals surface area contributed by atoms with E-state index in [1.54, 1.807) is 12.4 Å². The minimum absolute atomic E-state index is 0.704. The average Bonchev–Trinajstić information content (AvgIpc) is 2.49. The maximum absolute atomic E-state index is 5.94. The SMILES string of the molecule is Nc1cnccc1-c1ccc(-c2ccccc2)cc1. The Kier molecular flexibility index (Phi) is 2.99. The van der Waals surface area contributed by atoms with E-state index in [4.69, 9.17) is 5.73 Å². The molecule has 2 heteroatoms. The van der Waals surface area contributed by atoms with Gasteiger partial charge in [-0.2, -0.15) is 0 Å². The highest BCUT2D eigenvalue weighted by Gasteiger charge is 2.02. The Bertz CT molecular complexity index is 673. The summed E-state index contributed by atoms with van der Waals surface area (Å²) in [5.74, 6) is 0. The van der Waals surface area contributed by atoms with Crippen molar-refractivity contribution in [1.82, 2.24) is 4.98 Å². The molecule has 0 unspecified atom stereocenters. The molecule has 2 nitrogen and oxygen atoms in total. The molecule has 0 atom stereocenters. The van der Waals surface area contributed by atoms with Gasteiger partial charge in [-0.3, -0.25) is 4.98 Å². The van der Waals surface area contributed by atoms with E-state index >= 15 is 0 Å². The van der Waals surface area contributed by atoms with Crippen molar-refractivity contribution in [3.05, 3.63) is 73.1 Å². The molecule has 92 valence electrons. The predicted molar refractivity (Wildman–Crippen MR) is 79.5 cm³/mol. The fraction of sp³-hybridized carbons (Fsp3) is 0. The smallest absolute Gasteiger partial charge is 0.0580 e. The van der Waals surface area contributed by atoms with E-state index in [0.717, 1.165) is 11.1 Å². The van der Waals surface area contributed by atoms with E-state index in [1.807, 2.05) is 24.3 Å². The van der Waals surface area contributed by atoms with E-state index in [2.05, 4.69) is 41.4 Å². The number of hydrogen-bond donors (Lipinski definition) is 1. The third-order valence-corrected chi connectivity index (χ3v) is 3.15. The Balaban J connectivity index is 1.98. The van der Waals surface area contributed by atoms with E-state index in [9.17, 15) is 0 Å². The van der Waals surface area contributed by atoms with Crippen LogP contribution in [0.3, 0.4) is 0 Å². The van der Waals surface area contributed by atoms with Crippen molar-refractivity contribution >= 4 is 5.69 Å². The summed E-state index contributed by atoms with van der Waals surface area (Å²) in [6, 6.07) is 20.7. The predicted octanol–water partition coefficient (Wildman–Crippen LogP) is 4.00. The minimum atomic E-state index is 0.704. The monoisotopic (exact) mass is 246 g/mol. The number of hydrogen-bond acceptors (Lipinski definition) is 2. The van der Waals surface area contributed by atoms with Crippen LogP contribution in [0.4, 0.5) is 5.69 Å². The second-order valence-electron chi connectivity index (χ2n) is 4.41. The first-order valence-electron chi connectivity index (χ1n) is 6.20. The Labute approximate surface area is 112 Å². The normalized spacial score (nSPS) is 10.3. The van der Waals surface area contributed by atoms with Crippen molar-refractivity contribution in [3.8, 4) is 22.3 Å². The number of nitrogens with zero attached hydrogens (tertiary/aromatic N) is 1. The molecule has 0 saturated carbocycles. The summed E-state index contributed by atoms with van der Waals surface area (Å²) in [5.41, 5.74) is 11.2. The van der Waals surface area contributed by atoms with Gasteiger partial charge in [-0.1, -0.05) is 54.6 Å². The summed E-state index contributed by atoms with van der Waals surface area (Å²) in [6.45, 7) is 0. The lowest BCUT2D eigenvalue weighted by molar-refractivity contribution is 1.33. The molecule has 0 radical (unpaired) electrons.